The molecule has 194 valence electrons. The van der Waals surface area contributed by atoms with Crippen LogP contribution >= 0.6 is 11.3 Å². The summed E-state index contributed by atoms with van der Waals surface area (Å²) in [5.74, 6) is 0.425. The van der Waals surface area contributed by atoms with Crippen molar-refractivity contribution in [1.29, 1.82) is 0 Å². The number of ether oxygens (including phenoxy) is 2. The molecule has 0 unspecified atom stereocenters. The van der Waals surface area contributed by atoms with E-state index in [-0.39, 0.29) is 18.2 Å². The van der Waals surface area contributed by atoms with Crippen LogP contribution in [0.1, 0.15) is 16.1 Å². The van der Waals surface area contributed by atoms with E-state index in [1.165, 1.54) is 0 Å². The molecule has 3 rings (SSSR count). The van der Waals surface area contributed by atoms with Gasteiger partial charge >= 0.3 is 12.2 Å². The van der Waals surface area contributed by atoms with Gasteiger partial charge in [0.2, 0.25) is 0 Å². The first kappa shape index (κ1) is 27.2. The Labute approximate surface area is 209 Å². The van der Waals surface area contributed by atoms with Gasteiger partial charge < -0.3 is 25.2 Å². The van der Waals surface area contributed by atoms with Crippen LogP contribution in [0.4, 0.5) is 28.7 Å². The number of aryl methyl sites for hydroxylation is 1. The van der Waals surface area contributed by atoms with Gasteiger partial charge in [0.25, 0.3) is 0 Å². The number of alkyl halides is 3. The Kier molecular flexibility index (Phi) is 9.85. The van der Waals surface area contributed by atoms with Crippen molar-refractivity contribution in [1.82, 2.24) is 10.3 Å². The minimum absolute atomic E-state index is 0.0333. The highest BCUT2D eigenvalue weighted by molar-refractivity contribution is 7.16. The van der Waals surface area contributed by atoms with Gasteiger partial charge in [0.15, 0.2) is 10.9 Å². The van der Waals surface area contributed by atoms with Crippen molar-refractivity contribution in [3.05, 3.63) is 58.6 Å². The Hall–Kier alpha value is -3.42. The second-order valence-corrected chi connectivity index (χ2v) is 8.46. The first-order chi connectivity index (χ1) is 17.3. The third-order valence-electron chi connectivity index (χ3n) is 4.70. The van der Waals surface area contributed by atoms with Crippen LogP contribution in [0.5, 0.6) is 0 Å². The van der Waals surface area contributed by atoms with Crippen molar-refractivity contribution < 1.29 is 32.5 Å². The van der Waals surface area contributed by atoms with Crippen LogP contribution in [-0.2, 0) is 15.7 Å². The van der Waals surface area contributed by atoms with Gasteiger partial charge in [0.1, 0.15) is 11.6 Å². The molecule has 0 atom stereocenters. The Bertz CT molecular complexity index is 1130. The van der Waals surface area contributed by atoms with Crippen molar-refractivity contribution >= 4 is 39.8 Å². The van der Waals surface area contributed by atoms with Crippen molar-refractivity contribution in [3.63, 3.8) is 0 Å². The van der Waals surface area contributed by atoms with Gasteiger partial charge in [-0.3, -0.25) is 10.3 Å². The topological polar surface area (TPSA) is 117 Å². The van der Waals surface area contributed by atoms with Crippen LogP contribution in [0.25, 0.3) is 5.57 Å². The van der Waals surface area contributed by atoms with Gasteiger partial charge in [-0.15, -0.1) is 0 Å². The summed E-state index contributed by atoms with van der Waals surface area (Å²) < 4.78 is 49.3. The summed E-state index contributed by atoms with van der Waals surface area (Å²) in [6, 6.07) is 4.51. The molecule has 2 heterocycles. The Morgan fingerprint density at radius 3 is 2.89 bits per heavy atom. The summed E-state index contributed by atoms with van der Waals surface area (Å²) in [6.45, 7) is 3.73. The number of nitrogens with zero attached hydrogens (tertiary/aromatic N) is 2. The number of hydrogen-bond donors (Lipinski definition) is 4. The number of aliphatic imine (C=N–C) groups is 1. The number of rotatable bonds is 6. The molecule has 36 heavy (non-hydrogen) atoms. The lowest BCUT2D eigenvalue weighted by Crippen LogP contribution is -2.22. The zero-order valence-corrected chi connectivity index (χ0v) is 20.2. The van der Waals surface area contributed by atoms with E-state index >= 15 is 0 Å². The highest BCUT2D eigenvalue weighted by Crippen LogP contribution is 2.34. The lowest BCUT2D eigenvalue weighted by atomic mass is 9.99. The Morgan fingerprint density at radius 1 is 1.31 bits per heavy atom. The third-order valence-corrected chi connectivity index (χ3v) is 5.65. The molecule has 0 fully saturated rings. The van der Waals surface area contributed by atoms with Crippen molar-refractivity contribution in [3.8, 4) is 0 Å². The quantitative estimate of drug-likeness (QED) is 0.452. The summed E-state index contributed by atoms with van der Waals surface area (Å²) >= 11 is 0.338. The first-order valence-electron chi connectivity index (χ1n) is 11.0. The van der Waals surface area contributed by atoms with Crippen molar-refractivity contribution in [2.45, 2.75) is 13.1 Å². The standard InChI is InChI=1S/C23H26F3N5O4S/c1-15-2-3-17(30-22(33)31-20-14-29-21(36-20)23(24,25)26)13-18(15)16-4-5-27-6-9-34-10-7-28-19(12-16)35-11-8-32/h2-5,12-14,28,32H,6-11H2,1H3,(H2,30,31,33)/b16-4+,19-12+,27-5?. The van der Waals surface area contributed by atoms with Crippen molar-refractivity contribution in [2.75, 3.05) is 50.2 Å². The maximum absolute atomic E-state index is 12.8. The zero-order chi connectivity index (χ0) is 26.0. The molecule has 1 aromatic carbocycles. The number of amides is 2. The van der Waals surface area contributed by atoms with Crippen LogP contribution in [0.15, 0.2) is 47.4 Å². The van der Waals surface area contributed by atoms with Gasteiger partial charge in [-0.25, -0.2) is 9.78 Å². The predicted octanol–water partition coefficient (Wildman–Crippen LogP) is 4.04. The number of benzene rings is 1. The fraction of sp³-hybridized carbons (Fsp3) is 0.348. The predicted molar refractivity (Wildman–Crippen MR) is 132 cm³/mol. The van der Waals surface area contributed by atoms with Crippen molar-refractivity contribution in [2.24, 2.45) is 4.99 Å². The molecule has 0 radical (unpaired) electrons. The first-order valence-corrected chi connectivity index (χ1v) is 11.8. The van der Waals surface area contributed by atoms with E-state index < -0.39 is 17.2 Å². The number of hydrogen-bond acceptors (Lipinski definition) is 8. The molecule has 0 aliphatic carbocycles. The SMILES string of the molecule is Cc1ccc(NC(=O)Nc2cnc(C(F)(F)F)s2)cc1C1=C/C=NCCOCCN/C(OCCO)=C\1. The summed E-state index contributed by atoms with van der Waals surface area (Å²) in [5.41, 5.74) is 2.80. The van der Waals surface area contributed by atoms with Gasteiger partial charge in [0, 0.05) is 24.5 Å². The maximum Gasteiger partial charge on any atom is 0.443 e. The van der Waals surface area contributed by atoms with E-state index in [0.29, 0.717) is 49.2 Å². The van der Waals surface area contributed by atoms with Gasteiger partial charge in [0.05, 0.1) is 32.6 Å². The second-order valence-electron chi connectivity index (χ2n) is 7.43. The third kappa shape index (κ3) is 8.36. The van der Waals surface area contributed by atoms with Crippen LogP contribution in [-0.4, -0.2) is 61.9 Å². The van der Waals surface area contributed by atoms with Gasteiger partial charge in [-0.1, -0.05) is 17.4 Å². The number of aromatic nitrogens is 1. The van der Waals surface area contributed by atoms with Crippen LogP contribution in [0.2, 0.25) is 0 Å². The molecular formula is C23H26F3N5O4S. The average Bonchev–Trinajstić information content (AvgIpc) is 3.29. The van der Waals surface area contributed by atoms with E-state index in [2.05, 4.69) is 25.9 Å². The number of urea groups is 1. The minimum atomic E-state index is -4.58. The number of carbonyl (C=O) groups is 1. The summed E-state index contributed by atoms with van der Waals surface area (Å²) in [7, 11) is 0. The number of anilines is 2. The van der Waals surface area contributed by atoms with E-state index in [1.807, 2.05) is 6.92 Å². The molecule has 0 saturated heterocycles. The number of carbonyl (C=O) groups excluding carboxylic acids is 1. The van der Waals surface area contributed by atoms with E-state index in [9.17, 15) is 18.0 Å². The monoisotopic (exact) mass is 525 g/mol. The molecule has 0 saturated carbocycles. The highest BCUT2D eigenvalue weighted by Gasteiger charge is 2.34. The van der Waals surface area contributed by atoms with Crippen LogP contribution in [0, 0.1) is 6.92 Å². The van der Waals surface area contributed by atoms with E-state index in [0.717, 1.165) is 22.9 Å². The second kappa shape index (κ2) is 13.0. The molecule has 13 heteroatoms. The molecule has 1 aliphatic heterocycles. The number of halogens is 3. The molecule has 2 amide bonds. The normalized spacial score (nSPS) is 17.9. The minimum Gasteiger partial charge on any atom is -0.477 e. The van der Waals surface area contributed by atoms with E-state index in [1.54, 1.807) is 36.6 Å². The molecule has 0 bridgehead atoms. The fourth-order valence-corrected chi connectivity index (χ4v) is 3.76. The Balaban J connectivity index is 1.83. The van der Waals surface area contributed by atoms with Gasteiger partial charge in [-0.2, -0.15) is 13.2 Å². The van der Waals surface area contributed by atoms with Crippen LogP contribution < -0.4 is 16.0 Å². The lowest BCUT2D eigenvalue weighted by Gasteiger charge is -2.16. The number of aliphatic hydroxyl groups excluding tert-OH is 1. The van der Waals surface area contributed by atoms with Crippen LogP contribution in [0.3, 0.4) is 0 Å². The molecule has 0 spiro atoms. The Morgan fingerprint density at radius 2 is 2.14 bits per heavy atom. The summed E-state index contributed by atoms with van der Waals surface area (Å²) in [6.07, 6.45) is 1.57. The maximum atomic E-state index is 12.8. The highest BCUT2D eigenvalue weighted by atomic mass is 32.1. The average molecular weight is 526 g/mol. The largest absolute Gasteiger partial charge is 0.477 e. The summed E-state index contributed by atoms with van der Waals surface area (Å²) in [5, 5.41) is 16.2. The summed E-state index contributed by atoms with van der Waals surface area (Å²) in [4.78, 5) is 20.0. The zero-order valence-electron chi connectivity index (χ0n) is 19.4. The van der Waals surface area contributed by atoms with E-state index in [4.69, 9.17) is 14.6 Å². The number of thiazole rings is 1. The number of nitrogens with one attached hydrogen (secondary N) is 3. The molecule has 2 aromatic rings. The smallest absolute Gasteiger partial charge is 0.443 e. The number of allylic oxidation sites excluding steroid dienone is 3. The molecule has 1 aliphatic rings. The van der Waals surface area contributed by atoms with Gasteiger partial charge in [-0.05, 0) is 41.8 Å². The fourth-order valence-electron chi connectivity index (χ4n) is 3.08. The molecule has 9 nitrogen and oxygen atoms in total. The molecular weight excluding hydrogens is 499 g/mol. The number of aliphatic hydroxyl groups is 1. The molecule has 1 aromatic heterocycles. The molecule has 4 N–H and O–H groups in total. The lowest BCUT2D eigenvalue weighted by molar-refractivity contribution is -0.137.